The van der Waals surface area contributed by atoms with Crippen LogP contribution in [0.1, 0.15) is 17.8 Å². The van der Waals surface area contributed by atoms with E-state index in [0.29, 0.717) is 6.10 Å². The molecule has 1 aromatic heterocycles. The average Bonchev–Trinajstić information content (AvgIpc) is 2.77. The van der Waals surface area contributed by atoms with E-state index in [1.54, 1.807) is 18.4 Å². The van der Waals surface area contributed by atoms with Crippen molar-refractivity contribution in [1.82, 2.24) is 4.98 Å². The lowest BCUT2D eigenvalue weighted by molar-refractivity contribution is 0.0819. The van der Waals surface area contributed by atoms with Gasteiger partial charge >= 0.3 is 0 Å². The van der Waals surface area contributed by atoms with Gasteiger partial charge in [-0.05, 0) is 31.9 Å². The number of nitrogen functional groups attached to an aromatic ring is 1. The molecule has 4 nitrogen and oxygen atoms in total. The number of nitrogens with zero attached hydrogens (tertiary/aromatic N) is 2. The first-order valence-corrected chi connectivity index (χ1v) is 7.43. The van der Waals surface area contributed by atoms with E-state index in [4.69, 9.17) is 10.5 Å². The molecular weight excluding hydrogens is 258 g/mol. The molecule has 19 heavy (non-hydrogen) atoms. The quantitative estimate of drug-likeness (QED) is 0.858. The smallest absolute Gasteiger partial charge is 0.0907 e. The highest BCUT2D eigenvalue weighted by Crippen LogP contribution is 2.33. The number of fused-ring (bicyclic) bond motifs is 1. The molecule has 0 aliphatic carbocycles. The van der Waals surface area contributed by atoms with E-state index >= 15 is 0 Å². The number of aryl methyl sites for hydroxylation is 1. The van der Waals surface area contributed by atoms with Crippen LogP contribution in [0.3, 0.4) is 0 Å². The molecule has 1 fully saturated rings. The molecule has 1 aromatic carbocycles. The van der Waals surface area contributed by atoms with Crippen molar-refractivity contribution in [3.8, 4) is 0 Å². The molecule has 1 saturated heterocycles. The number of rotatable bonds is 2. The molecule has 0 saturated carbocycles. The second-order valence-corrected chi connectivity index (χ2v) is 6.27. The highest BCUT2D eigenvalue weighted by molar-refractivity contribution is 7.18. The summed E-state index contributed by atoms with van der Waals surface area (Å²) >= 11 is 1.70. The van der Waals surface area contributed by atoms with Crippen molar-refractivity contribution in [3.63, 3.8) is 0 Å². The summed E-state index contributed by atoms with van der Waals surface area (Å²) in [6.07, 6.45) is 2.51. The van der Waals surface area contributed by atoms with E-state index < -0.39 is 0 Å². The number of thiazole rings is 1. The van der Waals surface area contributed by atoms with Crippen LogP contribution >= 0.6 is 11.3 Å². The van der Waals surface area contributed by atoms with Crippen LogP contribution in [0.25, 0.3) is 10.2 Å². The molecule has 1 aliphatic heterocycles. The zero-order valence-corrected chi connectivity index (χ0v) is 12.2. The number of piperidine rings is 1. The number of ether oxygens (including phenoxy) is 1. The van der Waals surface area contributed by atoms with Crippen molar-refractivity contribution in [2.45, 2.75) is 25.9 Å². The average molecular weight is 277 g/mol. The van der Waals surface area contributed by atoms with E-state index in [1.807, 2.05) is 6.92 Å². The molecule has 2 aromatic rings. The van der Waals surface area contributed by atoms with Crippen molar-refractivity contribution in [3.05, 3.63) is 17.1 Å². The maximum atomic E-state index is 6.20. The Bertz CT molecular complexity index is 588. The van der Waals surface area contributed by atoms with Gasteiger partial charge in [-0.3, -0.25) is 0 Å². The van der Waals surface area contributed by atoms with Gasteiger partial charge in [0.2, 0.25) is 0 Å². The Morgan fingerprint density at radius 3 is 2.79 bits per heavy atom. The van der Waals surface area contributed by atoms with Crippen LogP contribution in [0.4, 0.5) is 11.4 Å². The molecule has 0 amide bonds. The lowest BCUT2D eigenvalue weighted by Crippen LogP contribution is -2.37. The first-order chi connectivity index (χ1) is 9.17. The molecule has 1 aliphatic rings. The van der Waals surface area contributed by atoms with Crippen molar-refractivity contribution < 1.29 is 4.74 Å². The highest BCUT2D eigenvalue weighted by atomic mass is 32.1. The Morgan fingerprint density at radius 2 is 2.11 bits per heavy atom. The first-order valence-electron chi connectivity index (χ1n) is 6.62. The maximum absolute atomic E-state index is 6.20. The van der Waals surface area contributed by atoms with Gasteiger partial charge in [0.25, 0.3) is 0 Å². The Labute approximate surface area is 117 Å². The van der Waals surface area contributed by atoms with Gasteiger partial charge in [-0.15, -0.1) is 11.3 Å². The summed E-state index contributed by atoms with van der Waals surface area (Å²) in [6, 6.07) is 4.18. The summed E-state index contributed by atoms with van der Waals surface area (Å²) in [5.74, 6) is 0. The Kier molecular flexibility index (Phi) is 3.33. The Morgan fingerprint density at radius 1 is 1.37 bits per heavy atom. The monoisotopic (exact) mass is 277 g/mol. The van der Waals surface area contributed by atoms with Crippen LogP contribution in [-0.4, -0.2) is 31.3 Å². The van der Waals surface area contributed by atoms with Gasteiger partial charge in [0.15, 0.2) is 0 Å². The number of hydrogen-bond donors (Lipinski definition) is 1. The standard InChI is InChI=1S/C14H19N3OS/c1-9-16-12-8-13(11(15)7-14(12)19-9)17-5-3-10(18-2)4-6-17/h7-8,10H,3-6,15H2,1-2H3. The van der Waals surface area contributed by atoms with Gasteiger partial charge in [0.05, 0.1) is 32.7 Å². The fourth-order valence-electron chi connectivity index (χ4n) is 2.70. The molecular formula is C14H19N3OS. The van der Waals surface area contributed by atoms with Gasteiger partial charge < -0.3 is 15.4 Å². The lowest BCUT2D eigenvalue weighted by Gasteiger charge is -2.33. The summed E-state index contributed by atoms with van der Waals surface area (Å²) in [5, 5.41) is 1.09. The maximum Gasteiger partial charge on any atom is 0.0907 e. The summed E-state index contributed by atoms with van der Waals surface area (Å²) in [6.45, 7) is 4.03. The van der Waals surface area contributed by atoms with Crippen LogP contribution < -0.4 is 10.6 Å². The largest absolute Gasteiger partial charge is 0.397 e. The number of nitrogens with two attached hydrogens (primary N) is 1. The van der Waals surface area contributed by atoms with E-state index in [-0.39, 0.29) is 0 Å². The summed E-state index contributed by atoms with van der Waals surface area (Å²) in [7, 11) is 1.79. The van der Waals surface area contributed by atoms with Gasteiger partial charge in [0.1, 0.15) is 0 Å². The van der Waals surface area contributed by atoms with Crippen molar-refractivity contribution in [1.29, 1.82) is 0 Å². The second-order valence-electron chi connectivity index (χ2n) is 5.03. The molecule has 2 heterocycles. The second kappa shape index (κ2) is 4.98. The Hall–Kier alpha value is -1.33. The molecule has 0 spiro atoms. The van der Waals surface area contributed by atoms with E-state index in [2.05, 4.69) is 22.0 Å². The number of methoxy groups -OCH3 is 1. The lowest BCUT2D eigenvalue weighted by atomic mass is 10.1. The number of aromatic nitrogens is 1. The van der Waals surface area contributed by atoms with Crippen LogP contribution in [0.5, 0.6) is 0 Å². The van der Waals surface area contributed by atoms with Crippen molar-refractivity contribution in [2.24, 2.45) is 0 Å². The van der Waals surface area contributed by atoms with Gasteiger partial charge in [-0.2, -0.15) is 0 Å². The van der Waals surface area contributed by atoms with Crippen LogP contribution in [0.15, 0.2) is 12.1 Å². The zero-order valence-electron chi connectivity index (χ0n) is 11.3. The SMILES string of the molecule is COC1CCN(c2cc3nc(C)sc3cc2N)CC1. The molecule has 2 N–H and O–H groups in total. The minimum absolute atomic E-state index is 0.391. The molecule has 5 heteroatoms. The van der Waals surface area contributed by atoms with Crippen LogP contribution in [0, 0.1) is 6.92 Å². The third kappa shape index (κ3) is 2.40. The fraction of sp³-hybridized carbons (Fsp3) is 0.500. The molecule has 0 bridgehead atoms. The Balaban J connectivity index is 1.90. The molecule has 102 valence electrons. The molecule has 0 unspecified atom stereocenters. The van der Waals surface area contributed by atoms with Crippen molar-refractivity contribution >= 4 is 32.9 Å². The number of benzene rings is 1. The van der Waals surface area contributed by atoms with E-state index in [0.717, 1.165) is 47.8 Å². The fourth-order valence-corrected chi connectivity index (χ4v) is 3.56. The minimum atomic E-state index is 0.391. The van der Waals surface area contributed by atoms with Gasteiger partial charge in [-0.25, -0.2) is 4.98 Å². The third-order valence-corrected chi connectivity index (χ3v) is 4.69. The third-order valence-electron chi connectivity index (χ3n) is 3.76. The minimum Gasteiger partial charge on any atom is -0.397 e. The number of hydrogen-bond acceptors (Lipinski definition) is 5. The topological polar surface area (TPSA) is 51.4 Å². The summed E-state index contributed by atoms with van der Waals surface area (Å²) in [4.78, 5) is 6.90. The summed E-state index contributed by atoms with van der Waals surface area (Å²) in [5.41, 5.74) is 9.23. The molecule has 0 atom stereocenters. The normalized spacial score (nSPS) is 17.3. The van der Waals surface area contributed by atoms with Gasteiger partial charge in [-0.1, -0.05) is 0 Å². The number of anilines is 2. The van der Waals surface area contributed by atoms with Crippen LogP contribution in [-0.2, 0) is 4.74 Å². The van der Waals surface area contributed by atoms with E-state index in [9.17, 15) is 0 Å². The van der Waals surface area contributed by atoms with Gasteiger partial charge in [0, 0.05) is 20.2 Å². The molecule has 0 radical (unpaired) electrons. The first kappa shape index (κ1) is 12.7. The van der Waals surface area contributed by atoms with Crippen molar-refractivity contribution in [2.75, 3.05) is 30.8 Å². The van der Waals surface area contributed by atoms with Crippen LogP contribution in [0.2, 0.25) is 0 Å². The predicted molar refractivity (Wildman–Crippen MR) is 81.0 cm³/mol. The van der Waals surface area contributed by atoms with E-state index in [1.165, 1.54) is 4.70 Å². The summed E-state index contributed by atoms with van der Waals surface area (Å²) < 4.78 is 6.58. The highest BCUT2D eigenvalue weighted by Gasteiger charge is 2.21. The zero-order chi connectivity index (χ0) is 13.4. The predicted octanol–water partition coefficient (Wildman–Crippen LogP) is 2.80. The molecule has 3 rings (SSSR count).